The van der Waals surface area contributed by atoms with Gasteiger partial charge in [0.2, 0.25) is 5.91 Å². The van der Waals surface area contributed by atoms with Gasteiger partial charge in [0.1, 0.15) is 19.0 Å². The first kappa shape index (κ1) is 25.1. The number of benzene rings is 2. The molecule has 0 bridgehead atoms. The summed E-state index contributed by atoms with van der Waals surface area (Å²) in [5, 5.41) is 3.13. The van der Waals surface area contributed by atoms with E-state index < -0.39 is 17.8 Å². The summed E-state index contributed by atoms with van der Waals surface area (Å²) < 4.78 is 11.7. The summed E-state index contributed by atoms with van der Waals surface area (Å²) in [7, 11) is 3.81. The third-order valence-corrected chi connectivity index (χ3v) is 5.76. The summed E-state index contributed by atoms with van der Waals surface area (Å²) in [6, 6.07) is 15.5. The van der Waals surface area contributed by atoms with E-state index in [1.165, 1.54) is 5.56 Å². The van der Waals surface area contributed by atoms with E-state index in [-0.39, 0.29) is 6.61 Å². The smallest absolute Gasteiger partial charge is 0.336 e. The maximum Gasteiger partial charge on any atom is 0.336 e. The Morgan fingerprint density at radius 2 is 1.62 bits per heavy atom. The van der Waals surface area contributed by atoms with Crippen molar-refractivity contribution < 1.29 is 19.1 Å². The summed E-state index contributed by atoms with van der Waals surface area (Å²) in [4.78, 5) is 27.7. The van der Waals surface area contributed by atoms with Gasteiger partial charge in [-0.05, 0) is 46.5 Å². The van der Waals surface area contributed by atoms with Crippen LogP contribution in [0.1, 0.15) is 36.5 Å². The molecule has 3 rings (SSSR count). The van der Waals surface area contributed by atoms with Crippen molar-refractivity contribution in [3.05, 3.63) is 87.8 Å². The number of para-hydroxylation sites is 1. The van der Waals surface area contributed by atoms with E-state index in [0.717, 1.165) is 5.56 Å². The largest absolute Gasteiger partial charge is 0.489 e. The number of nitrogens with two attached hydrogens (primary N) is 1. The van der Waals surface area contributed by atoms with Crippen molar-refractivity contribution in [1.29, 1.82) is 0 Å². The van der Waals surface area contributed by atoms with Gasteiger partial charge < -0.3 is 25.4 Å². The Labute approximate surface area is 201 Å². The molecule has 0 spiro atoms. The minimum atomic E-state index is -0.708. The molecule has 0 fully saturated rings. The van der Waals surface area contributed by atoms with Crippen LogP contribution in [0.5, 0.6) is 5.75 Å². The number of nitrogens with one attached hydrogen (secondary N) is 1. The van der Waals surface area contributed by atoms with Crippen molar-refractivity contribution in [2.45, 2.75) is 33.3 Å². The molecule has 7 heteroatoms. The summed E-state index contributed by atoms with van der Waals surface area (Å²) in [6.07, 6.45) is 0. The zero-order valence-electron chi connectivity index (χ0n) is 20.5. The predicted octanol–water partition coefficient (Wildman–Crippen LogP) is 3.40. The van der Waals surface area contributed by atoms with Crippen molar-refractivity contribution in [2.75, 3.05) is 27.2 Å². The molecule has 0 saturated carbocycles. The number of allylic oxidation sites excluding steroid dienone is 2. The number of carbonyl (C=O) groups is 2. The van der Waals surface area contributed by atoms with Gasteiger partial charge >= 0.3 is 5.97 Å². The molecule has 180 valence electrons. The second-order valence-corrected chi connectivity index (χ2v) is 8.75. The molecular formula is C27H33N3O4. The molecule has 1 heterocycles. The summed E-state index contributed by atoms with van der Waals surface area (Å²) in [6.45, 7) is 6.78. The molecule has 1 unspecified atom stereocenters. The normalized spacial score (nSPS) is 15.9. The highest BCUT2D eigenvalue weighted by Gasteiger charge is 2.37. The molecule has 7 nitrogen and oxygen atoms in total. The van der Waals surface area contributed by atoms with Crippen LogP contribution in [0.15, 0.2) is 71.1 Å². The first-order chi connectivity index (χ1) is 16.2. The van der Waals surface area contributed by atoms with Crippen molar-refractivity contribution >= 4 is 11.9 Å². The van der Waals surface area contributed by atoms with E-state index >= 15 is 0 Å². The number of likely N-dealkylation sites (N-methyl/N-ethyl adjacent to an activating group) is 1. The Morgan fingerprint density at radius 1 is 0.971 bits per heavy atom. The molecule has 1 amide bonds. The third kappa shape index (κ3) is 5.85. The van der Waals surface area contributed by atoms with Gasteiger partial charge in [-0.3, -0.25) is 4.79 Å². The molecule has 0 saturated heterocycles. The fourth-order valence-electron chi connectivity index (χ4n) is 4.00. The number of amides is 1. The number of carbonyl (C=O) groups excluding carboxylic acids is 2. The topological polar surface area (TPSA) is 93.9 Å². The number of hydrogen-bond donors (Lipinski definition) is 2. The van der Waals surface area contributed by atoms with Crippen LogP contribution in [0, 0.1) is 6.92 Å². The molecule has 34 heavy (non-hydrogen) atoms. The molecule has 2 aromatic rings. The first-order valence-electron chi connectivity index (χ1n) is 11.3. The van der Waals surface area contributed by atoms with E-state index in [4.69, 9.17) is 15.2 Å². The van der Waals surface area contributed by atoms with E-state index in [1.807, 2.05) is 74.4 Å². The molecule has 1 aliphatic rings. The highest BCUT2D eigenvalue weighted by molar-refractivity contribution is 6.01. The summed E-state index contributed by atoms with van der Waals surface area (Å²) >= 11 is 0. The average molecular weight is 464 g/mol. The molecule has 3 N–H and O–H groups in total. The van der Waals surface area contributed by atoms with E-state index in [2.05, 4.69) is 5.32 Å². The van der Waals surface area contributed by atoms with Crippen molar-refractivity contribution in [3.63, 3.8) is 0 Å². The Bertz CT molecular complexity index is 1120. The Hall–Kier alpha value is -3.58. The Kier molecular flexibility index (Phi) is 8.12. The molecule has 0 radical (unpaired) electrons. The fourth-order valence-corrected chi connectivity index (χ4v) is 4.00. The highest BCUT2D eigenvalue weighted by Crippen LogP contribution is 2.42. The molecule has 1 atom stereocenters. The molecule has 0 aromatic heterocycles. The van der Waals surface area contributed by atoms with E-state index in [9.17, 15) is 9.59 Å². The minimum Gasteiger partial charge on any atom is -0.489 e. The zero-order chi connectivity index (χ0) is 24.8. The highest BCUT2D eigenvalue weighted by atomic mass is 16.5. The Balaban J connectivity index is 1.99. The van der Waals surface area contributed by atoms with Gasteiger partial charge in [-0.1, -0.05) is 48.0 Å². The van der Waals surface area contributed by atoms with Crippen LogP contribution in [0.2, 0.25) is 0 Å². The summed E-state index contributed by atoms with van der Waals surface area (Å²) in [5.74, 6) is -1.22. The number of primary amides is 1. The number of aryl methyl sites for hydroxylation is 1. The van der Waals surface area contributed by atoms with Crippen LogP contribution in [0.4, 0.5) is 0 Å². The second kappa shape index (κ2) is 11.0. The van der Waals surface area contributed by atoms with Gasteiger partial charge in [0.05, 0.1) is 11.5 Å². The van der Waals surface area contributed by atoms with Crippen LogP contribution in [-0.4, -0.2) is 44.0 Å². The lowest BCUT2D eigenvalue weighted by atomic mass is 9.79. The van der Waals surface area contributed by atoms with Crippen LogP contribution in [0.25, 0.3) is 0 Å². The van der Waals surface area contributed by atoms with Gasteiger partial charge in [0.15, 0.2) is 0 Å². The van der Waals surface area contributed by atoms with Gasteiger partial charge in [-0.2, -0.15) is 0 Å². The quantitative estimate of drug-likeness (QED) is 0.554. The third-order valence-electron chi connectivity index (χ3n) is 5.76. The number of rotatable bonds is 9. The lowest BCUT2D eigenvalue weighted by Gasteiger charge is -2.31. The zero-order valence-corrected chi connectivity index (χ0v) is 20.5. The molecule has 2 aromatic carbocycles. The number of nitrogens with zero attached hydrogens (tertiary/aromatic N) is 1. The van der Waals surface area contributed by atoms with Crippen LogP contribution >= 0.6 is 0 Å². The van der Waals surface area contributed by atoms with E-state index in [1.54, 1.807) is 13.8 Å². The molecule has 0 aliphatic carbocycles. The van der Waals surface area contributed by atoms with Crippen LogP contribution in [0.3, 0.4) is 0 Å². The average Bonchev–Trinajstić information content (AvgIpc) is 2.77. The van der Waals surface area contributed by atoms with E-state index in [0.29, 0.717) is 47.0 Å². The Morgan fingerprint density at radius 3 is 2.26 bits per heavy atom. The number of ether oxygens (including phenoxy) is 2. The van der Waals surface area contributed by atoms with Gasteiger partial charge in [-0.25, -0.2) is 4.79 Å². The van der Waals surface area contributed by atoms with Crippen LogP contribution < -0.4 is 15.8 Å². The maximum atomic E-state index is 13.2. The lowest BCUT2D eigenvalue weighted by Crippen LogP contribution is -2.34. The monoisotopic (exact) mass is 463 g/mol. The fraction of sp³-hybridized carbons (Fsp3) is 0.333. The predicted molar refractivity (Wildman–Crippen MR) is 132 cm³/mol. The number of hydrogen-bond acceptors (Lipinski definition) is 6. The van der Waals surface area contributed by atoms with Crippen LogP contribution in [-0.2, 0) is 20.9 Å². The SMILES string of the molecule is CC1=C(C(N)=O)C(c2ccccc2OCc2ccc(C)cc2)C(C(=O)OCCN(C)C)=C(C)N1. The van der Waals surface area contributed by atoms with Crippen molar-refractivity contribution in [2.24, 2.45) is 5.73 Å². The lowest BCUT2D eigenvalue weighted by molar-refractivity contribution is -0.139. The van der Waals surface area contributed by atoms with Gasteiger partial charge in [0.25, 0.3) is 0 Å². The number of dihydropyridines is 1. The molecule has 1 aliphatic heterocycles. The standard InChI is InChI=1S/C27H33N3O4/c1-17-10-12-20(13-11-17)16-34-22-9-7-6-8-21(22)25-23(26(28)31)18(2)29-19(3)24(25)27(32)33-15-14-30(4)5/h6-13,25,29H,14-16H2,1-5H3,(H2,28,31). The van der Waals surface area contributed by atoms with Crippen molar-refractivity contribution in [1.82, 2.24) is 10.2 Å². The minimum absolute atomic E-state index is 0.232. The van der Waals surface area contributed by atoms with Gasteiger partial charge in [0, 0.05) is 29.1 Å². The summed E-state index contributed by atoms with van der Waals surface area (Å²) in [5.41, 5.74) is 10.6. The molecular weight excluding hydrogens is 430 g/mol. The second-order valence-electron chi connectivity index (χ2n) is 8.75. The van der Waals surface area contributed by atoms with Crippen molar-refractivity contribution in [3.8, 4) is 5.75 Å². The first-order valence-corrected chi connectivity index (χ1v) is 11.3. The maximum absolute atomic E-state index is 13.2. The van der Waals surface area contributed by atoms with Gasteiger partial charge in [-0.15, -0.1) is 0 Å². The number of esters is 1.